The Hall–Kier alpha value is -2.40. The molecule has 1 aliphatic rings. The average molecular weight is 496 g/mol. The number of fused-ring (bicyclic) bond motifs is 1. The van der Waals surface area contributed by atoms with Crippen molar-refractivity contribution in [1.29, 1.82) is 0 Å². The molecule has 3 aromatic rings. The summed E-state index contributed by atoms with van der Waals surface area (Å²) in [6, 6.07) is 8.65. The van der Waals surface area contributed by atoms with Gasteiger partial charge in [0, 0.05) is 18.6 Å². The molecule has 32 heavy (non-hydrogen) atoms. The third-order valence-corrected chi connectivity index (χ3v) is 8.75. The van der Waals surface area contributed by atoms with Crippen molar-refractivity contribution >= 4 is 49.1 Å². The third kappa shape index (κ3) is 3.92. The molecule has 1 amide bonds. The maximum atomic E-state index is 13.1. The number of carbonyl (C=O) groups excluding carboxylic acids is 1. The zero-order valence-electron chi connectivity index (χ0n) is 17.7. The van der Waals surface area contributed by atoms with Crippen molar-refractivity contribution in [2.45, 2.75) is 23.8 Å². The maximum Gasteiger partial charge on any atom is 0.266 e. The topological polar surface area (TPSA) is 90.2 Å². The van der Waals surface area contributed by atoms with E-state index in [9.17, 15) is 13.2 Å². The standard InChI is InChI=1S/C21H22ClN3O5S2/c1-24-18-16(29-2)10-11-17(30-3)19(18)31-21(24)23-20(26)15-5-4-12-25(15)32(27,28)14-8-6-13(22)7-9-14/h6-11,15H,4-5,12H2,1-3H3. The van der Waals surface area contributed by atoms with Crippen molar-refractivity contribution in [2.75, 3.05) is 20.8 Å². The number of thiazole rings is 1. The molecule has 1 saturated heterocycles. The zero-order chi connectivity index (χ0) is 23.0. The molecule has 1 aromatic heterocycles. The van der Waals surface area contributed by atoms with Crippen molar-refractivity contribution in [1.82, 2.24) is 8.87 Å². The lowest BCUT2D eigenvalue weighted by Crippen LogP contribution is -2.40. The number of methoxy groups -OCH3 is 2. The molecule has 170 valence electrons. The van der Waals surface area contributed by atoms with Gasteiger partial charge in [-0.15, -0.1) is 0 Å². The molecule has 0 radical (unpaired) electrons. The molecule has 0 bridgehead atoms. The van der Waals surface area contributed by atoms with Crippen LogP contribution in [0.25, 0.3) is 10.2 Å². The summed E-state index contributed by atoms with van der Waals surface area (Å²) in [7, 11) is 1.07. The van der Waals surface area contributed by atoms with Crippen LogP contribution < -0.4 is 14.3 Å². The zero-order valence-corrected chi connectivity index (χ0v) is 20.1. The summed E-state index contributed by atoms with van der Waals surface area (Å²) in [6.07, 6.45) is 0.995. The number of hydrogen-bond donors (Lipinski definition) is 0. The summed E-state index contributed by atoms with van der Waals surface area (Å²) in [5, 5.41) is 0.441. The summed E-state index contributed by atoms with van der Waals surface area (Å²) in [6.45, 7) is 0.261. The van der Waals surface area contributed by atoms with Crippen LogP contribution in [-0.2, 0) is 21.9 Å². The van der Waals surface area contributed by atoms with E-state index in [1.165, 1.54) is 39.9 Å². The van der Waals surface area contributed by atoms with Crippen LogP contribution in [0.5, 0.6) is 11.5 Å². The maximum absolute atomic E-state index is 13.1. The van der Waals surface area contributed by atoms with Gasteiger partial charge in [0.15, 0.2) is 4.80 Å². The second kappa shape index (κ2) is 8.86. The largest absolute Gasteiger partial charge is 0.495 e. The molecule has 8 nitrogen and oxygen atoms in total. The highest BCUT2D eigenvalue weighted by molar-refractivity contribution is 7.89. The fourth-order valence-electron chi connectivity index (χ4n) is 3.81. The van der Waals surface area contributed by atoms with Crippen LogP contribution in [0, 0.1) is 0 Å². The third-order valence-electron chi connectivity index (χ3n) is 5.43. The number of halogens is 1. The molecule has 0 spiro atoms. The second-order valence-electron chi connectivity index (χ2n) is 7.27. The molecule has 2 heterocycles. The van der Waals surface area contributed by atoms with Crippen LogP contribution >= 0.6 is 22.9 Å². The molecule has 1 aliphatic heterocycles. The summed E-state index contributed by atoms with van der Waals surface area (Å²) >= 11 is 7.17. The first-order chi connectivity index (χ1) is 15.3. The average Bonchev–Trinajstić information content (AvgIpc) is 3.40. The number of hydrogen-bond acceptors (Lipinski definition) is 6. The normalized spacial score (nSPS) is 17.8. The number of aromatic nitrogens is 1. The molecule has 0 aliphatic carbocycles. The van der Waals surface area contributed by atoms with E-state index in [2.05, 4.69) is 4.99 Å². The first-order valence-electron chi connectivity index (χ1n) is 9.84. The number of aryl methyl sites for hydroxylation is 1. The van der Waals surface area contributed by atoms with Crippen molar-refractivity contribution in [3.63, 3.8) is 0 Å². The minimum absolute atomic E-state index is 0.100. The monoisotopic (exact) mass is 495 g/mol. The van der Waals surface area contributed by atoms with Crippen molar-refractivity contribution < 1.29 is 22.7 Å². The minimum Gasteiger partial charge on any atom is -0.495 e. The van der Waals surface area contributed by atoms with Gasteiger partial charge >= 0.3 is 0 Å². The Balaban J connectivity index is 1.74. The highest BCUT2D eigenvalue weighted by Crippen LogP contribution is 2.34. The lowest BCUT2D eigenvalue weighted by atomic mass is 10.2. The fourth-order valence-corrected chi connectivity index (χ4v) is 6.72. The van der Waals surface area contributed by atoms with Gasteiger partial charge < -0.3 is 14.0 Å². The van der Waals surface area contributed by atoms with Gasteiger partial charge in [0.25, 0.3) is 5.91 Å². The Morgan fingerprint density at radius 1 is 1.12 bits per heavy atom. The first-order valence-corrected chi connectivity index (χ1v) is 12.5. The van der Waals surface area contributed by atoms with E-state index < -0.39 is 22.0 Å². The lowest BCUT2D eigenvalue weighted by Gasteiger charge is -2.21. The highest BCUT2D eigenvalue weighted by atomic mass is 35.5. The SMILES string of the molecule is COc1ccc(OC)c2c1sc(=NC(=O)C1CCCN1S(=O)(=O)c1ccc(Cl)cc1)n2C. The Bertz CT molecular complexity index is 1350. The summed E-state index contributed by atoms with van der Waals surface area (Å²) < 4.78 is 40.9. The predicted molar refractivity (Wildman–Crippen MR) is 123 cm³/mol. The number of amides is 1. The van der Waals surface area contributed by atoms with Crippen molar-refractivity contribution in [3.8, 4) is 11.5 Å². The summed E-state index contributed by atoms with van der Waals surface area (Å²) in [5.74, 6) is 0.768. The molecule has 11 heteroatoms. The number of nitrogens with zero attached hydrogens (tertiary/aromatic N) is 3. The number of benzene rings is 2. The van der Waals surface area contributed by atoms with Gasteiger partial charge in [-0.3, -0.25) is 4.79 Å². The van der Waals surface area contributed by atoms with Crippen LogP contribution in [0.1, 0.15) is 12.8 Å². The number of rotatable bonds is 5. The van der Waals surface area contributed by atoms with Crippen molar-refractivity contribution in [3.05, 3.63) is 46.2 Å². The van der Waals surface area contributed by atoms with Gasteiger partial charge in [0.2, 0.25) is 10.0 Å². The van der Waals surface area contributed by atoms with Crippen LogP contribution in [0.3, 0.4) is 0 Å². The number of ether oxygens (including phenoxy) is 2. The lowest BCUT2D eigenvalue weighted by molar-refractivity contribution is -0.121. The summed E-state index contributed by atoms with van der Waals surface area (Å²) in [5.41, 5.74) is 0.750. The quantitative estimate of drug-likeness (QED) is 0.542. The molecular weight excluding hydrogens is 474 g/mol. The Labute approximate surface area is 194 Å². The molecule has 4 rings (SSSR count). The molecule has 1 unspecified atom stereocenters. The molecule has 1 fully saturated rings. The smallest absolute Gasteiger partial charge is 0.266 e. The van der Waals surface area contributed by atoms with Crippen LogP contribution in [0.15, 0.2) is 46.3 Å². The van der Waals surface area contributed by atoms with E-state index in [0.29, 0.717) is 34.2 Å². The molecule has 0 N–H and O–H groups in total. The number of sulfonamides is 1. The Morgan fingerprint density at radius 2 is 1.78 bits per heavy atom. The number of carbonyl (C=O) groups is 1. The summed E-state index contributed by atoms with van der Waals surface area (Å²) in [4.78, 5) is 18.0. The van der Waals surface area contributed by atoms with E-state index in [1.807, 2.05) is 0 Å². The Morgan fingerprint density at radius 3 is 2.44 bits per heavy atom. The van der Waals surface area contributed by atoms with E-state index in [0.717, 1.165) is 10.2 Å². The van der Waals surface area contributed by atoms with Crippen LogP contribution in [0.2, 0.25) is 5.02 Å². The van der Waals surface area contributed by atoms with Crippen LogP contribution in [-0.4, -0.2) is 50.0 Å². The van der Waals surface area contributed by atoms with Gasteiger partial charge in [0.1, 0.15) is 27.8 Å². The predicted octanol–water partition coefficient (Wildman–Crippen LogP) is 3.19. The van der Waals surface area contributed by atoms with E-state index in [4.69, 9.17) is 21.1 Å². The second-order valence-corrected chi connectivity index (χ2v) is 10.6. The first kappa shape index (κ1) is 22.8. The molecule has 0 saturated carbocycles. The van der Waals surface area contributed by atoms with Gasteiger partial charge in [-0.2, -0.15) is 9.30 Å². The fraction of sp³-hybridized carbons (Fsp3) is 0.333. The molecule has 1 atom stereocenters. The van der Waals surface area contributed by atoms with Crippen molar-refractivity contribution in [2.24, 2.45) is 12.0 Å². The minimum atomic E-state index is -3.85. The molecule has 2 aromatic carbocycles. The van der Waals surface area contributed by atoms with Gasteiger partial charge in [-0.05, 0) is 49.2 Å². The van der Waals surface area contributed by atoms with Gasteiger partial charge in [-0.1, -0.05) is 22.9 Å². The van der Waals surface area contributed by atoms with E-state index in [1.54, 1.807) is 38.0 Å². The van der Waals surface area contributed by atoms with Gasteiger partial charge in [0.05, 0.1) is 19.1 Å². The van der Waals surface area contributed by atoms with Gasteiger partial charge in [-0.25, -0.2) is 8.42 Å². The van der Waals surface area contributed by atoms with E-state index >= 15 is 0 Å². The van der Waals surface area contributed by atoms with Crippen LogP contribution in [0.4, 0.5) is 0 Å². The highest BCUT2D eigenvalue weighted by Gasteiger charge is 2.39. The van der Waals surface area contributed by atoms with E-state index in [-0.39, 0.29) is 11.4 Å². The molecular formula is C21H22ClN3O5S2. The Kier molecular flexibility index (Phi) is 6.30.